The van der Waals surface area contributed by atoms with E-state index in [9.17, 15) is 14.4 Å². The molecule has 0 fully saturated rings. The Labute approximate surface area is 211 Å². The average molecular weight is 501 g/mol. The van der Waals surface area contributed by atoms with Crippen molar-refractivity contribution in [1.29, 1.82) is 0 Å². The topological polar surface area (TPSA) is 80.1 Å². The van der Waals surface area contributed by atoms with Crippen molar-refractivity contribution in [3.8, 4) is 0 Å². The number of rotatable bonds is 5. The minimum atomic E-state index is -1.67. The number of methoxy groups -OCH3 is 1. The summed E-state index contributed by atoms with van der Waals surface area (Å²) in [6.07, 6.45) is 0. The quantitative estimate of drug-likeness (QED) is 0.407. The first-order valence-corrected chi connectivity index (χ1v) is 11.9. The lowest BCUT2D eigenvalue weighted by Gasteiger charge is -2.34. The summed E-state index contributed by atoms with van der Waals surface area (Å²) < 4.78 is 11.3. The van der Waals surface area contributed by atoms with Gasteiger partial charge in [-0.25, -0.2) is 0 Å². The van der Waals surface area contributed by atoms with Crippen LogP contribution in [0.25, 0.3) is 11.0 Å². The van der Waals surface area contributed by atoms with Crippen LogP contribution in [-0.4, -0.2) is 37.0 Å². The van der Waals surface area contributed by atoms with Gasteiger partial charge >= 0.3 is 0 Å². The molecule has 1 unspecified atom stereocenters. The maximum atomic E-state index is 14.5. The first-order valence-electron chi connectivity index (χ1n) is 11.5. The van der Waals surface area contributed by atoms with Crippen LogP contribution in [0, 0.1) is 0 Å². The maximum Gasteiger partial charge on any atom is 0.291 e. The Hall–Kier alpha value is -3.94. The summed E-state index contributed by atoms with van der Waals surface area (Å²) in [5.74, 6) is -1.04. The molecule has 2 aliphatic heterocycles. The van der Waals surface area contributed by atoms with Crippen molar-refractivity contribution in [1.82, 2.24) is 4.90 Å². The highest BCUT2D eigenvalue weighted by atomic mass is 35.5. The van der Waals surface area contributed by atoms with E-state index in [0.717, 1.165) is 5.56 Å². The molecule has 7 nitrogen and oxygen atoms in total. The largest absolute Gasteiger partial charge is 0.450 e. The van der Waals surface area contributed by atoms with E-state index in [1.165, 1.54) is 18.1 Å². The van der Waals surface area contributed by atoms with Crippen molar-refractivity contribution in [3.05, 3.63) is 110 Å². The fraction of sp³-hybridized carbons (Fsp3) is 0.179. The van der Waals surface area contributed by atoms with Crippen molar-refractivity contribution in [3.63, 3.8) is 0 Å². The third-order valence-electron chi connectivity index (χ3n) is 6.90. The predicted molar refractivity (Wildman–Crippen MR) is 135 cm³/mol. The molecule has 3 aromatic carbocycles. The zero-order valence-electron chi connectivity index (χ0n) is 19.4. The number of anilines is 1. The van der Waals surface area contributed by atoms with Crippen molar-refractivity contribution < 1.29 is 18.7 Å². The first kappa shape index (κ1) is 22.5. The number of benzene rings is 3. The van der Waals surface area contributed by atoms with Gasteiger partial charge in [-0.1, -0.05) is 60.1 Å². The van der Waals surface area contributed by atoms with E-state index < -0.39 is 16.9 Å². The second-order valence-corrected chi connectivity index (χ2v) is 9.27. The van der Waals surface area contributed by atoms with Gasteiger partial charge in [0.25, 0.3) is 11.8 Å². The van der Waals surface area contributed by atoms with Gasteiger partial charge in [0.2, 0.25) is 5.76 Å². The normalized spacial score (nSPS) is 18.4. The van der Waals surface area contributed by atoms with Crippen LogP contribution in [-0.2, 0) is 21.6 Å². The van der Waals surface area contributed by atoms with Crippen molar-refractivity contribution in [2.45, 2.75) is 12.1 Å². The molecular formula is C28H21ClN2O5. The first-order chi connectivity index (χ1) is 17.5. The van der Waals surface area contributed by atoms with Crippen LogP contribution in [0.3, 0.4) is 0 Å². The zero-order chi connectivity index (χ0) is 25.0. The van der Waals surface area contributed by atoms with E-state index >= 15 is 0 Å². The van der Waals surface area contributed by atoms with Gasteiger partial charge in [-0.3, -0.25) is 14.4 Å². The monoisotopic (exact) mass is 500 g/mol. The van der Waals surface area contributed by atoms with Crippen LogP contribution in [0.15, 0.2) is 82.0 Å². The molecule has 6 rings (SSSR count). The number of halogens is 1. The average Bonchev–Trinajstić information content (AvgIpc) is 3.28. The van der Waals surface area contributed by atoms with Gasteiger partial charge in [0.15, 0.2) is 11.0 Å². The third kappa shape index (κ3) is 3.00. The lowest BCUT2D eigenvalue weighted by Crippen LogP contribution is -2.54. The molecule has 1 atom stereocenters. The highest BCUT2D eigenvalue weighted by molar-refractivity contribution is 6.31. The van der Waals surface area contributed by atoms with E-state index in [-0.39, 0.29) is 47.9 Å². The molecule has 0 aliphatic carbocycles. The molecule has 0 saturated heterocycles. The second kappa shape index (κ2) is 8.33. The summed E-state index contributed by atoms with van der Waals surface area (Å²) >= 11 is 6.19. The Kier molecular flexibility index (Phi) is 5.21. The fourth-order valence-corrected chi connectivity index (χ4v) is 5.54. The molecule has 4 aromatic rings. The molecule has 8 heteroatoms. The lowest BCUT2D eigenvalue weighted by molar-refractivity contribution is -0.126. The predicted octanol–water partition coefficient (Wildman–Crippen LogP) is 4.34. The van der Waals surface area contributed by atoms with Crippen LogP contribution in [0.5, 0.6) is 0 Å². The summed E-state index contributed by atoms with van der Waals surface area (Å²) in [6, 6.07) is 21.5. The Balaban J connectivity index is 1.66. The van der Waals surface area contributed by atoms with Gasteiger partial charge in [0.05, 0.1) is 29.8 Å². The molecule has 0 radical (unpaired) electrons. The molecule has 1 aromatic heterocycles. The number of ether oxygens (including phenoxy) is 1. The summed E-state index contributed by atoms with van der Waals surface area (Å²) in [5, 5.41) is 0.571. The second-order valence-electron chi connectivity index (χ2n) is 8.83. The third-order valence-corrected chi connectivity index (χ3v) is 7.14. The van der Waals surface area contributed by atoms with Crippen LogP contribution < -0.4 is 10.3 Å². The maximum absolute atomic E-state index is 14.5. The van der Waals surface area contributed by atoms with E-state index in [1.807, 2.05) is 42.5 Å². The smallest absolute Gasteiger partial charge is 0.291 e. The van der Waals surface area contributed by atoms with Crippen LogP contribution >= 0.6 is 11.6 Å². The van der Waals surface area contributed by atoms with Gasteiger partial charge in [-0.05, 0) is 29.8 Å². The standard InChI is InChI=1S/C28H21ClN2O5/c1-35-14-13-31-26(33)25-23(24(32)19-15-18(29)11-12-22(19)36-25)28(31)20-9-5-6-10-21(20)30(27(28)34)16-17-7-3-2-4-8-17/h2-12,15H,13-14,16H2,1H3. The molecule has 2 amide bonds. The summed E-state index contributed by atoms with van der Waals surface area (Å²) in [4.78, 5) is 45.4. The van der Waals surface area contributed by atoms with Crippen molar-refractivity contribution >= 4 is 40.1 Å². The number of hydrogen-bond acceptors (Lipinski definition) is 5. The van der Waals surface area contributed by atoms with Crippen molar-refractivity contribution in [2.75, 3.05) is 25.2 Å². The molecule has 0 bridgehead atoms. The Morgan fingerprint density at radius 1 is 0.972 bits per heavy atom. The highest BCUT2D eigenvalue weighted by Crippen LogP contribution is 2.52. The molecule has 36 heavy (non-hydrogen) atoms. The Morgan fingerprint density at radius 2 is 1.72 bits per heavy atom. The molecule has 3 heterocycles. The lowest BCUT2D eigenvalue weighted by atomic mass is 9.84. The summed E-state index contributed by atoms with van der Waals surface area (Å²) in [7, 11) is 1.52. The molecule has 0 N–H and O–H groups in total. The number of para-hydroxylation sites is 1. The number of hydrogen-bond donors (Lipinski definition) is 0. The van der Waals surface area contributed by atoms with Gasteiger partial charge in [0.1, 0.15) is 5.58 Å². The Bertz CT molecular complexity index is 1600. The summed E-state index contributed by atoms with van der Waals surface area (Å²) in [6.45, 7) is 0.551. The zero-order valence-corrected chi connectivity index (χ0v) is 20.1. The van der Waals surface area contributed by atoms with Gasteiger partial charge < -0.3 is 19.0 Å². The van der Waals surface area contributed by atoms with Crippen LogP contribution in [0.4, 0.5) is 5.69 Å². The highest BCUT2D eigenvalue weighted by Gasteiger charge is 2.64. The van der Waals surface area contributed by atoms with Crippen LogP contribution in [0.1, 0.15) is 27.2 Å². The molecule has 1 spiro atoms. The molecule has 2 aliphatic rings. The number of nitrogens with zero attached hydrogens (tertiary/aromatic N) is 2. The van der Waals surface area contributed by atoms with E-state index in [1.54, 1.807) is 29.2 Å². The molecule has 0 saturated carbocycles. The Morgan fingerprint density at radius 3 is 2.50 bits per heavy atom. The van der Waals surface area contributed by atoms with Gasteiger partial charge in [0, 0.05) is 24.2 Å². The number of carbonyl (C=O) groups is 2. The molecule has 180 valence electrons. The van der Waals surface area contributed by atoms with Crippen molar-refractivity contribution in [2.24, 2.45) is 0 Å². The van der Waals surface area contributed by atoms with E-state index in [2.05, 4.69) is 0 Å². The van der Waals surface area contributed by atoms with E-state index in [4.69, 9.17) is 20.8 Å². The minimum absolute atomic E-state index is 0.0198. The van der Waals surface area contributed by atoms with E-state index in [0.29, 0.717) is 16.3 Å². The number of amides is 2. The SMILES string of the molecule is COCCN1C(=O)c2oc3ccc(Cl)cc3c(=O)c2C12C(=O)N(Cc1ccccc1)c1ccccc12. The fourth-order valence-electron chi connectivity index (χ4n) is 5.37. The van der Waals surface area contributed by atoms with Crippen LogP contribution in [0.2, 0.25) is 5.02 Å². The van der Waals surface area contributed by atoms with Gasteiger partial charge in [-0.15, -0.1) is 0 Å². The number of carbonyl (C=O) groups excluding carboxylic acids is 2. The molecular weight excluding hydrogens is 480 g/mol. The summed E-state index contributed by atoms with van der Waals surface area (Å²) in [5.41, 5.74) is 0.247. The van der Waals surface area contributed by atoms with Gasteiger partial charge in [-0.2, -0.15) is 0 Å². The minimum Gasteiger partial charge on any atom is -0.450 e. The number of fused-ring (bicyclic) bond motifs is 5.